The number of fused-ring (bicyclic) bond motifs is 6. The summed E-state index contributed by atoms with van der Waals surface area (Å²) in [7, 11) is 0. The first-order valence-corrected chi connectivity index (χ1v) is 24.0. The fourth-order valence-corrected chi connectivity index (χ4v) is 10.3. The van der Waals surface area contributed by atoms with Crippen molar-refractivity contribution in [2.75, 3.05) is 0 Å². The average molecular weight is 849 g/mol. The van der Waals surface area contributed by atoms with Crippen molar-refractivity contribution in [2.45, 2.75) is 99.3 Å². The van der Waals surface area contributed by atoms with Gasteiger partial charge >= 0.3 is 0 Å². The lowest BCUT2D eigenvalue weighted by molar-refractivity contribution is 0.611. The normalized spacial score (nSPS) is 15.2. The van der Waals surface area contributed by atoms with Gasteiger partial charge < -0.3 is 0 Å². The first-order valence-electron chi connectivity index (χ1n) is 24.0. The summed E-state index contributed by atoms with van der Waals surface area (Å²) in [6, 6.07) is 62.2. The Morgan fingerprint density at radius 2 is 1.22 bits per heavy atom. The van der Waals surface area contributed by atoms with Gasteiger partial charge in [-0.2, -0.15) is 0 Å². The van der Waals surface area contributed by atoms with Gasteiger partial charge in [0, 0.05) is 10.8 Å². The van der Waals surface area contributed by atoms with E-state index in [0.29, 0.717) is 11.8 Å². The number of hydrogen-bond donors (Lipinski definition) is 0. The van der Waals surface area contributed by atoms with E-state index in [2.05, 4.69) is 233 Å². The molecule has 0 saturated carbocycles. The zero-order valence-electron chi connectivity index (χ0n) is 40.6. The van der Waals surface area contributed by atoms with Crippen LogP contribution in [0.4, 0.5) is 0 Å². The Bertz CT molecular complexity index is 3000. The quantitative estimate of drug-likeness (QED) is 0.156. The summed E-state index contributed by atoms with van der Waals surface area (Å²) in [6.45, 7) is 23.1. The molecule has 0 amide bonds. The standard InChI is InChI=1S/C47H50.C11H10.C7H8/c1-30(2)37-22-18-31(3)19-23-40(37)38-24-20-33(26-32(38)4)27-34-28-44-45(41-17-13-12-16-39(34)41)42-25-21-36(29-43(42)47(44,7)8)46(5,6)35-14-10-9-11-15-35;1-9-5-4-7-10-6-2-3-8-11(9)10;1-7-5-3-2-4-6-7/h9-17,19-21,23-26,28-31H,18,22,27H2,1-8H3;2-8H,1H3;2-6H,1H3. The Kier molecular flexibility index (Phi) is 13.3. The van der Waals surface area contributed by atoms with Crippen LogP contribution in [0, 0.1) is 32.6 Å². The maximum absolute atomic E-state index is 2.54. The highest BCUT2D eigenvalue weighted by molar-refractivity contribution is 6.04. The Morgan fingerprint density at radius 3 is 1.88 bits per heavy atom. The van der Waals surface area contributed by atoms with Gasteiger partial charge in [0.05, 0.1) is 0 Å². The molecule has 0 heteroatoms. The third kappa shape index (κ3) is 9.46. The molecule has 0 spiro atoms. The molecule has 2 aliphatic rings. The topological polar surface area (TPSA) is 0 Å². The molecule has 10 rings (SSSR count). The lowest BCUT2D eigenvalue weighted by atomic mass is 9.75. The van der Waals surface area contributed by atoms with Gasteiger partial charge in [0.2, 0.25) is 0 Å². The van der Waals surface area contributed by atoms with Crippen LogP contribution >= 0.6 is 0 Å². The van der Waals surface area contributed by atoms with E-state index >= 15 is 0 Å². The van der Waals surface area contributed by atoms with Crippen LogP contribution in [-0.4, -0.2) is 0 Å². The monoisotopic (exact) mass is 849 g/mol. The Labute approximate surface area is 390 Å². The van der Waals surface area contributed by atoms with Gasteiger partial charge in [0.15, 0.2) is 0 Å². The third-order valence-corrected chi connectivity index (χ3v) is 14.4. The second-order valence-corrected chi connectivity index (χ2v) is 20.1. The molecule has 8 aromatic rings. The summed E-state index contributed by atoms with van der Waals surface area (Å²) in [4.78, 5) is 0. The maximum Gasteiger partial charge on any atom is 0.0159 e. The minimum Gasteiger partial charge on any atom is -0.0811 e. The summed E-state index contributed by atoms with van der Waals surface area (Å²) in [6.07, 6.45) is 8.18. The lowest BCUT2D eigenvalue weighted by Gasteiger charge is -2.29. The largest absolute Gasteiger partial charge is 0.0811 e. The molecule has 1 atom stereocenters. The lowest BCUT2D eigenvalue weighted by Crippen LogP contribution is -2.21. The molecule has 0 aromatic heterocycles. The summed E-state index contributed by atoms with van der Waals surface area (Å²) in [5, 5.41) is 5.43. The van der Waals surface area contributed by atoms with E-state index in [1.165, 1.54) is 107 Å². The van der Waals surface area contributed by atoms with Gasteiger partial charge in [-0.15, -0.1) is 0 Å². The predicted molar refractivity (Wildman–Crippen MR) is 283 cm³/mol. The molecule has 1 unspecified atom stereocenters. The predicted octanol–water partition coefficient (Wildman–Crippen LogP) is 17.9. The van der Waals surface area contributed by atoms with Crippen molar-refractivity contribution in [1.29, 1.82) is 0 Å². The van der Waals surface area contributed by atoms with Crippen LogP contribution in [-0.2, 0) is 17.3 Å². The fraction of sp³-hybridized carbons (Fsp3) is 0.262. The second-order valence-electron chi connectivity index (χ2n) is 20.1. The molecule has 0 fully saturated rings. The molecule has 0 saturated heterocycles. The molecule has 65 heavy (non-hydrogen) atoms. The first kappa shape index (κ1) is 45.3. The molecule has 0 nitrogen and oxygen atoms in total. The van der Waals surface area contributed by atoms with E-state index in [9.17, 15) is 0 Å². The third-order valence-electron chi connectivity index (χ3n) is 14.4. The fourth-order valence-electron chi connectivity index (χ4n) is 10.3. The minimum absolute atomic E-state index is 0.0742. The minimum atomic E-state index is -0.0886. The van der Waals surface area contributed by atoms with E-state index < -0.39 is 0 Å². The van der Waals surface area contributed by atoms with Crippen molar-refractivity contribution < 1.29 is 0 Å². The Morgan fingerprint density at radius 1 is 0.585 bits per heavy atom. The molecule has 0 N–H and O–H groups in total. The summed E-state index contributed by atoms with van der Waals surface area (Å²) in [5.41, 5.74) is 19.6. The molecule has 328 valence electrons. The molecule has 0 bridgehead atoms. The van der Waals surface area contributed by atoms with Crippen molar-refractivity contribution in [1.82, 2.24) is 0 Å². The number of rotatable bonds is 6. The van der Waals surface area contributed by atoms with E-state index in [-0.39, 0.29) is 10.8 Å². The van der Waals surface area contributed by atoms with Gasteiger partial charge in [0.1, 0.15) is 0 Å². The van der Waals surface area contributed by atoms with Gasteiger partial charge in [0.25, 0.3) is 0 Å². The summed E-state index contributed by atoms with van der Waals surface area (Å²) in [5.74, 6) is 1.19. The van der Waals surface area contributed by atoms with Crippen LogP contribution in [0.5, 0.6) is 0 Å². The van der Waals surface area contributed by atoms with Crippen molar-refractivity contribution in [3.63, 3.8) is 0 Å². The van der Waals surface area contributed by atoms with E-state index in [4.69, 9.17) is 0 Å². The van der Waals surface area contributed by atoms with Crippen molar-refractivity contribution in [3.8, 4) is 11.1 Å². The van der Waals surface area contributed by atoms with Crippen LogP contribution in [0.15, 0.2) is 188 Å². The first-order chi connectivity index (χ1) is 31.2. The van der Waals surface area contributed by atoms with E-state index in [0.717, 1.165) is 6.42 Å². The van der Waals surface area contributed by atoms with Crippen molar-refractivity contribution >= 4 is 27.1 Å². The molecule has 2 aliphatic carbocycles. The molecular formula is C65H68. The summed E-state index contributed by atoms with van der Waals surface area (Å²) >= 11 is 0. The molecule has 0 heterocycles. The maximum atomic E-state index is 2.54. The smallest absolute Gasteiger partial charge is 0.0159 e. The van der Waals surface area contributed by atoms with Crippen LogP contribution in [0.3, 0.4) is 0 Å². The van der Waals surface area contributed by atoms with Crippen LogP contribution in [0.2, 0.25) is 0 Å². The highest BCUT2D eigenvalue weighted by Gasteiger charge is 2.38. The molecule has 0 radical (unpaired) electrons. The van der Waals surface area contributed by atoms with Crippen molar-refractivity contribution in [2.24, 2.45) is 11.8 Å². The second kappa shape index (κ2) is 19.1. The molecule has 0 aliphatic heterocycles. The van der Waals surface area contributed by atoms with E-state index in [1.807, 2.05) is 18.2 Å². The van der Waals surface area contributed by atoms with Gasteiger partial charge in [-0.1, -0.05) is 242 Å². The highest BCUT2D eigenvalue weighted by atomic mass is 14.4. The van der Waals surface area contributed by atoms with Crippen LogP contribution in [0.1, 0.15) is 117 Å². The molecular weight excluding hydrogens is 781 g/mol. The van der Waals surface area contributed by atoms with Crippen molar-refractivity contribution in [3.05, 3.63) is 243 Å². The number of aryl methyl sites for hydroxylation is 3. The average Bonchev–Trinajstić information content (AvgIpc) is 3.39. The highest BCUT2D eigenvalue weighted by Crippen LogP contribution is 2.53. The number of allylic oxidation sites excluding steroid dienone is 4. The zero-order valence-corrected chi connectivity index (χ0v) is 40.6. The van der Waals surface area contributed by atoms with E-state index in [1.54, 1.807) is 5.57 Å². The van der Waals surface area contributed by atoms with Crippen LogP contribution in [0.25, 0.3) is 38.2 Å². The Balaban J connectivity index is 0.000000263. The number of benzene rings is 8. The van der Waals surface area contributed by atoms with Crippen LogP contribution < -0.4 is 0 Å². The Hall–Kier alpha value is -6.24. The number of hydrogen-bond acceptors (Lipinski definition) is 0. The summed E-state index contributed by atoms with van der Waals surface area (Å²) < 4.78 is 0. The van der Waals surface area contributed by atoms with Gasteiger partial charge in [-0.25, -0.2) is 0 Å². The molecule has 8 aromatic carbocycles. The van der Waals surface area contributed by atoms with Gasteiger partial charge in [-0.05, 0) is 140 Å². The SMILES string of the molecule is Cc1cc(Cc2cc3c(c4ccccc24)-c2ccc(C(C)(C)c4ccccc4)cc2C3(C)C)ccc1C1=C(C(C)C)CCC(C)C=C1.Cc1cccc2ccccc12.Cc1ccccc1. The van der Waals surface area contributed by atoms with Gasteiger partial charge in [-0.3, -0.25) is 0 Å². The zero-order chi connectivity index (χ0) is 45.9.